The first-order valence-corrected chi connectivity index (χ1v) is 11.9. The lowest BCUT2D eigenvalue weighted by Gasteiger charge is -2.24. The number of carbonyl (C=O) groups excluding carboxylic acids is 2. The van der Waals surface area contributed by atoms with Crippen molar-refractivity contribution < 1.29 is 14.0 Å². The highest BCUT2D eigenvalue weighted by Gasteiger charge is 2.22. The Labute approximate surface area is 214 Å². The predicted molar refractivity (Wildman–Crippen MR) is 140 cm³/mol. The van der Waals surface area contributed by atoms with Crippen LogP contribution in [0.1, 0.15) is 24.2 Å². The van der Waals surface area contributed by atoms with Crippen LogP contribution in [0.25, 0.3) is 16.9 Å². The largest absolute Gasteiger partial charge is 0.329 e. The molecule has 3 aromatic carbocycles. The number of nitrogens with one attached hydrogen (secondary N) is 1. The minimum Gasteiger partial charge on any atom is -0.329 e. The Morgan fingerprint density at radius 3 is 2.39 bits per heavy atom. The van der Waals surface area contributed by atoms with Crippen molar-refractivity contribution in [3.63, 3.8) is 0 Å². The molecule has 8 heteroatoms. The van der Waals surface area contributed by atoms with Crippen molar-refractivity contribution >= 4 is 29.2 Å². The van der Waals surface area contributed by atoms with E-state index in [1.54, 1.807) is 47.1 Å². The minimum atomic E-state index is -0.381. The first kappa shape index (κ1) is 25.1. The van der Waals surface area contributed by atoms with E-state index in [1.165, 1.54) is 17.0 Å². The SMILES string of the molecule is CC(C)CN(CC(=O)Nc1cc(-c2ccccc2)nn1-c1ccc(F)cc1)C(=O)c1cccc(Cl)c1. The van der Waals surface area contributed by atoms with Crippen molar-refractivity contribution in [2.24, 2.45) is 5.92 Å². The molecule has 36 heavy (non-hydrogen) atoms. The van der Waals surface area contributed by atoms with E-state index in [4.69, 9.17) is 11.6 Å². The minimum absolute atomic E-state index is 0.148. The quantitative estimate of drug-likeness (QED) is 0.317. The standard InChI is InChI=1S/C28H26ClFN4O2/c1-19(2)17-33(28(36)21-9-6-10-22(29)15-21)18-27(35)31-26-16-25(20-7-4-3-5-8-20)32-34(26)24-13-11-23(30)12-14-24/h3-16,19H,17-18H2,1-2H3,(H,31,35). The molecule has 0 fully saturated rings. The van der Waals surface area contributed by atoms with Gasteiger partial charge in [-0.3, -0.25) is 9.59 Å². The second-order valence-corrected chi connectivity index (χ2v) is 9.24. The van der Waals surface area contributed by atoms with Crippen molar-refractivity contribution in [3.05, 3.63) is 101 Å². The summed E-state index contributed by atoms with van der Waals surface area (Å²) in [7, 11) is 0. The molecule has 0 saturated heterocycles. The number of hydrogen-bond acceptors (Lipinski definition) is 3. The Balaban J connectivity index is 1.61. The van der Waals surface area contributed by atoms with E-state index in [9.17, 15) is 14.0 Å². The van der Waals surface area contributed by atoms with Gasteiger partial charge in [0.1, 0.15) is 18.2 Å². The van der Waals surface area contributed by atoms with Gasteiger partial charge in [-0.2, -0.15) is 5.10 Å². The van der Waals surface area contributed by atoms with Crippen molar-refractivity contribution in [2.75, 3.05) is 18.4 Å². The van der Waals surface area contributed by atoms with Crippen molar-refractivity contribution in [1.29, 1.82) is 0 Å². The molecule has 1 N–H and O–H groups in total. The summed E-state index contributed by atoms with van der Waals surface area (Å²) in [6.07, 6.45) is 0. The molecule has 0 spiro atoms. The number of aromatic nitrogens is 2. The van der Waals surface area contributed by atoms with Crippen LogP contribution in [0.5, 0.6) is 0 Å². The smallest absolute Gasteiger partial charge is 0.254 e. The summed E-state index contributed by atoms with van der Waals surface area (Å²) >= 11 is 6.07. The number of hydrogen-bond donors (Lipinski definition) is 1. The lowest BCUT2D eigenvalue weighted by atomic mass is 10.1. The summed E-state index contributed by atoms with van der Waals surface area (Å²) in [5.41, 5.74) is 2.51. The fourth-order valence-corrected chi connectivity index (χ4v) is 4.01. The average Bonchev–Trinajstić information content (AvgIpc) is 3.27. The number of amides is 2. The maximum atomic E-state index is 13.5. The Bertz CT molecular complexity index is 1350. The molecule has 4 rings (SSSR count). The molecule has 0 atom stereocenters. The third-order valence-corrected chi connectivity index (χ3v) is 5.63. The van der Waals surface area contributed by atoms with Gasteiger partial charge in [0.25, 0.3) is 5.91 Å². The van der Waals surface area contributed by atoms with Gasteiger partial charge in [-0.05, 0) is 48.4 Å². The Kier molecular flexibility index (Phi) is 7.80. The molecule has 6 nitrogen and oxygen atoms in total. The summed E-state index contributed by atoms with van der Waals surface area (Å²) in [6, 6.07) is 23.8. The van der Waals surface area contributed by atoms with E-state index < -0.39 is 0 Å². The zero-order chi connectivity index (χ0) is 25.7. The summed E-state index contributed by atoms with van der Waals surface area (Å²) < 4.78 is 15.1. The highest BCUT2D eigenvalue weighted by atomic mass is 35.5. The highest BCUT2D eigenvalue weighted by Crippen LogP contribution is 2.25. The van der Waals surface area contributed by atoms with Crippen molar-refractivity contribution in [3.8, 4) is 16.9 Å². The number of anilines is 1. The molecule has 2 amide bonds. The maximum Gasteiger partial charge on any atom is 0.254 e. The second-order valence-electron chi connectivity index (χ2n) is 8.81. The van der Waals surface area contributed by atoms with Crippen LogP contribution >= 0.6 is 11.6 Å². The van der Waals surface area contributed by atoms with Crippen molar-refractivity contribution in [2.45, 2.75) is 13.8 Å². The lowest BCUT2D eigenvalue weighted by molar-refractivity contribution is -0.117. The van der Waals surface area contributed by atoms with E-state index in [0.717, 1.165) is 5.56 Å². The van der Waals surface area contributed by atoms with E-state index in [2.05, 4.69) is 10.4 Å². The number of benzene rings is 3. The molecule has 0 aliphatic carbocycles. The molecule has 0 aliphatic heterocycles. The van der Waals surface area contributed by atoms with Gasteiger partial charge in [0.15, 0.2) is 0 Å². The van der Waals surface area contributed by atoms with Gasteiger partial charge in [-0.15, -0.1) is 0 Å². The van der Waals surface area contributed by atoms with Gasteiger partial charge >= 0.3 is 0 Å². The topological polar surface area (TPSA) is 67.2 Å². The van der Waals surface area contributed by atoms with Gasteiger partial charge in [0.2, 0.25) is 5.91 Å². The Morgan fingerprint density at radius 2 is 1.72 bits per heavy atom. The van der Waals surface area contributed by atoms with Crippen LogP contribution in [0.2, 0.25) is 5.02 Å². The molecule has 0 radical (unpaired) electrons. The molecule has 0 unspecified atom stereocenters. The summed E-state index contributed by atoms with van der Waals surface area (Å²) in [5.74, 6) is -0.476. The predicted octanol–water partition coefficient (Wildman–Crippen LogP) is 6.07. The summed E-state index contributed by atoms with van der Waals surface area (Å²) in [4.78, 5) is 27.8. The maximum absolute atomic E-state index is 13.5. The average molecular weight is 505 g/mol. The van der Waals surface area contributed by atoms with Crippen molar-refractivity contribution in [1.82, 2.24) is 14.7 Å². The third kappa shape index (κ3) is 6.17. The lowest BCUT2D eigenvalue weighted by Crippen LogP contribution is -2.40. The van der Waals surface area contributed by atoms with Gasteiger partial charge in [-0.1, -0.05) is 61.8 Å². The van der Waals surface area contributed by atoms with Gasteiger partial charge in [0, 0.05) is 28.8 Å². The second kappa shape index (κ2) is 11.2. The highest BCUT2D eigenvalue weighted by molar-refractivity contribution is 6.31. The van der Waals surface area contributed by atoms with Crippen LogP contribution in [-0.2, 0) is 4.79 Å². The zero-order valence-electron chi connectivity index (χ0n) is 20.0. The van der Waals surface area contributed by atoms with Crippen LogP contribution in [0.15, 0.2) is 84.9 Å². The molecular weight excluding hydrogens is 479 g/mol. The van der Waals surface area contributed by atoms with Gasteiger partial charge in [-0.25, -0.2) is 9.07 Å². The van der Waals surface area contributed by atoms with Crippen LogP contribution in [0.4, 0.5) is 10.2 Å². The third-order valence-electron chi connectivity index (χ3n) is 5.40. The Morgan fingerprint density at radius 1 is 1.00 bits per heavy atom. The van der Waals surface area contributed by atoms with Crippen LogP contribution in [0.3, 0.4) is 0 Å². The molecule has 184 valence electrons. The number of halogens is 2. The molecule has 0 saturated carbocycles. The molecule has 0 aliphatic rings. The molecule has 4 aromatic rings. The molecular formula is C28H26ClFN4O2. The first-order chi connectivity index (χ1) is 17.3. The molecule has 1 heterocycles. The summed E-state index contributed by atoms with van der Waals surface area (Å²) in [6.45, 7) is 4.20. The fraction of sp³-hybridized carbons (Fsp3) is 0.179. The fourth-order valence-electron chi connectivity index (χ4n) is 3.82. The number of carbonyl (C=O) groups is 2. The molecule has 0 bridgehead atoms. The Hall–Kier alpha value is -3.97. The van der Waals surface area contributed by atoms with Crippen LogP contribution in [-0.4, -0.2) is 39.6 Å². The normalized spacial score (nSPS) is 10.9. The summed E-state index contributed by atoms with van der Waals surface area (Å²) in [5, 5.41) is 7.97. The van der Waals surface area contributed by atoms with Gasteiger partial charge in [0.05, 0.1) is 11.4 Å². The van der Waals surface area contributed by atoms with E-state index in [1.807, 2.05) is 44.2 Å². The van der Waals surface area contributed by atoms with Crippen LogP contribution in [0, 0.1) is 11.7 Å². The number of rotatable bonds is 8. The van der Waals surface area contributed by atoms with Gasteiger partial charge < -0.3 is 10.2 Å². The number of nitrogens with zero attached hydrogens (tertiary/aromatic N) is 3. The monoisotopic (exact) mass is 504 g/mol. The zero-order valence-corrected chi connectivity index (χ0v) is 20.7. The van der Waals surface area contributed by atoms with E-state index in [0.29, 0.717) is 34.3 Å². The first-order valence-electron chi connectivity index (χ1n) is 11.6. The molecule has 1 aromatic heterocycles. The van der Waals surface area contributed by atoms with Crippen LogP contribution < -0.4 is 5.32 Å². The van der Waals surface area contributed by atoms with E-state index in [-0.39, 0.29) is 30.1 Å². The van der Waals surface area contributed by atoms with E-state index >= 15 is 0 Å².